The number of rotatable bonds is 0. The van der Waals surface area contributed by atoms with Gasteiger partial charge in [-0.3, -0.25) is 0 Å². The zero-order valence-corrected chi connectivity index (χ0v) is 11.4. The maximum atomic E-state index is 11.4. The van der Waals surface area contributed by atoms with E-state index in [0.29, 0.717) is 13.0 Å². The maximum absolute atomic E-state index is 11.4. The average molecular weight is 282 g/mol. The van der Waals surface area contributed by atoms with Crippen molar-refractivity contribution < 1.29 is 19.4 Å². The van der Waals surface area contributed by atoms with Gasteiger partial charge in [-0.25, -0.2) is 4.79 Å². The Bertz CT molecular complexity index is 827. The molecule has 0 fully saturated rings. The van der Waals surface area contributed by atoms with Crippen LogP contribution >= 0.6 is 0 Å². The molecule has 3 aliphatic rings. The van der Waals surface area contributed by atoms with Crippen molar-refractivity contribution in [3.05, 3.63) is 51.6 Å². The second kappa shape index (κ2) is 4.52. The van der Waals surface area contributed by atoms with Crippen molar-refractivity contribution in [2.45, 2.75) is 12.8 Å². The average Bonchev–Trinajstić information content (AvgIpc) is 2.62. The zero-order valence-electron chi connectivity index (χ0n) is 11.4. The van der Waals surface area contributed by atoms with Crippen LogP contribution in [0.1, 0.15) is 12.0 Å². The third-order valence-corrected chi connectivity index (χ3v) is 4.01. The molecule has 0 radical (unpaired) electrons. The summed E-state index contributed by atoms with van der Waals surface area (Å²) in [4.78, 5) is 11.4. The highest BCUT2D eigenvalue weighted by molar-refractivity contribution is 5.92. The van der Waals surface area contributed by atoms with Crippen LogP contribution in [0.2, 0.25) is 0 Å². The van der Waals surface area contributed by atoms with Crippen molar-refractivity contribution in [3.63, 3.8) is 0 Å². The highest BCUT2D eigenvalue weighted by atomic mass is 16.5. The van der Waals surface area contributed by atoms with E-state index < -0.39 is 0 Å². The first-order valence-electron chi connectivity index (χ1n) is 6.99. The molecule has 2 aliphatic heterocycles. The lowest BCUT2D eigenvalue weighted by Crippen LogP contribution is -2.26. The molecule has 21 heavy (non-hydrogen) atoms. The number of ether oxygens (including phenoxy) is 2. The molecule has 1 N–H and O–H groups in total. The van der Waals surface area contributed by atoms with Gasteiger partial charge in [-0.2, -0.15) is 0 Å². The van der Waals surface area contributed by atoms with Gasteiger partial charge in [0, 0.05) is 35.3 Å². The van der Waals surface area contributed by atoms with Gasteiger partial charge in [-0.05, 0) is 16.9 Å². The highest BCUT2D eigenvalue weighted by Crippen LogP contribution is 2.25. The molecule has 4 rings (SSSR count). The van der Waals surface area contributed by atoms with Crippen LogP contribution in [0.15, 0.2) is 35.6 Å². The molecule has 1 aromatic rings. The van der Waals surface area contributed by atoms with E-state index in [2.05, 4.69) is 6.08 Å². The summed E-state index contributed by atoms with van der Waals surface area (Å²) in [5.41, 5.74) is 2.61. The van der Waals surface area contributed by atoms with Crippen LogP contribution in [-0.2, 0) is 16.0 Å². The summed E-state index contributed by atoms with van der Waals surface area (Å²) < 4.78 is 10.9. The number of allylic oxidation sites excluding steroid dienone is 2. The minimum absolute atomic E-state index is 0.226. The predicted molar refractivity (Wildman–Crippen MR) is 77.1 cm³/mol. The smallest absolute Gasteiger partial charge is 0.331 e. The van der Waals surface area contributed by atoms with Gasteiger partial charge in [0.1, 0.15) is 12.4 Å². The molecule has 1 aromatic carbocycles. The fraction of sp³-hybridized carbons (Fsp3) is 0.235. The van der Waals surface area contributed by atoms with Crippen LogP contribution in [0.4, 0.5) is 0 Å². The normalized spacial score (nSPS) is 19.6. The van der Waals surface area contributed by atoms with E-state index in [0.717, 1.165) is 39.3 Å². The van der Waals surface area contributed by atoms with Crippen LogP contribution in [0.25, 0.3) is 11.6 Å². The van der Waals surface area contributed by atoms with Gasteiger partial charge in [0.25, 0.3) is 0 Å². The number of aliphatic hydroxyl groups excluding tert-OH is 1. The Labute approximate surface area is 121 Å². The van der Waals surface area contributed by atoms with E-state index in [1.165, 1.54) is 6.08 Å². The molecule has 1 aliphatic carbocycles. The lowest BCUT2D eigenvalue weighted by molar-refractivity contribution is -0.136. The standard InChI is InChI=1S/C17H14O4/c18-12-6-11-7-16(19)21-9-15(11)13-4-3-10-2-1-5-20-17(10)14(13)8-12/h2-4,6-7,18H,1,5,8-9H2. The number of carbonyl (C=O) groups is 1. The summed E-state index contributed by atoms with van der Waals surface area (Å²) in [6, 6.07) is 4.05. The van der Waals surface area contributed by atoms with Crippen molar-refractivity contribution in [1.29, 1.82) is 0 Å². The van der Waals surface area contributed by atoms with E-state index in [9.17, 15) is 9.90 Å². The van der Waals surface area contributed by atoms with Crippen molar-refractivity contribution in [1.82, 2.24) is 0 Å². The van der Waals surface area contributed by atoms with Gasteiger partial charge in [-0.15, -0.1) is 0 Å². The van der Waals surface area contributed by atoms with Crippen molar-refractivity contribution >= 4 is 17.6 Å². The number of fused-ring (bicyclic) bond motifs is 4. The third kappa shape index (κ3) is 1.95. The number of benzene rings is 1. The number of hydrogen-bond donors (Lipinski definition) is 1. The molecule has 0 atom stereocenters. The van der Waals surface area contributed by atoms with Gasteiger partial charge in [0.15, 0.2) is 0 Å². The summed E-state index contributed by atoms with van der Waals surface area (Å²) in [7, 11) is 0. The summed E-state index contributed by atoms with van der Waals surface area (Å²) in [5, 5.41) is 12.2. The minimum atomic E-state index is -0.371. The largest absolute Gasteiger partial charge is 0.512 e. The molecule has 4 nitrogen and oxygen atoms in total. The van der Waals surface area contributed by atoms with E-state index in [1.807, 2.05) is 12.1 Å². The molecule has 4 heteroatoms. The molecule has 0 amide bonds. The molecule has 0 bridgehead atoms. The molecular formula is C17H14O4. The zero-order chi connectivity index (χ0) is 14.4. The topological polar surface area (TPSA) is 55.8 Å². The van der Waals surface area contributed by atoms with Crippen molar-refractivity contribution in [2.75, 3.05) is 13.2 Å². The monoisotopic (exact) mass is 282 g/mol. The number of cyclic esters (lactones) is 1. The fourth-order valence-corrected chi connectivity index (χ4v) is 3.07. The lowest BCUT2D eigenvalue weighted by atomic mass is 9.98. The summed E-state index contributed by atoms with van der Waals surface area (Å²) in [6.07, 6.45) is 6.52. The van der Waals surface area contributed by atoms with Crippen molar-refractivity contribution in [2.24, 2.45) is 0 Å². The summed E-state index contributed by atoms with van der Waals surface area (Å²) in [5.74, 6) is 0.697. The quantitative estimate of drug-likeness (QED) is 0.718. The Morgan fingerprint density at radius 2 is 2.05 bits per heavy atom. The maximum Gasteiger partial charge on any atom is 0.331 e. The van der Waals surface area contributed by atoms with E-state index in [-0.39, 0.29) is 18.3 Å². The molecule has 2 heterocycles. The molecule has 0 saturated carbocycles. The minimum Gasteiger partial charge on any atom is -0.512 e. The van der Waals surface area contributed by atoms with E-state index in [1.54, 1.807) is 6.08 Å². The molecule has 106 valence electrons. The second-order valence-electron chi connectivity index (χ2n) is 5.35. The summed E-state index contributed by atoms with van der Waals surface area (Å²) >= 11 is 0. The van der Waals surface area contributed by atoms with Gasteiger partial charge in [0.05, 0.1) is 12.4 Å². The van der Waals surface area contributed by atoms with Gasteiger partial charge >= 0.3 is 5.97 Å². The van der Waals surface area contributed by atoms with Gasteiger partial charge in [-0.1, -0.05) is 18.2 Å². The number of esters is 1. The summed E-state index contributed by atoms with van der Waals surface area (Å²) in [6.45, 7) is 0.880. The molecule has 0 spiro atoms. The Kier molecular flexibility index (Phi) is 2.64. The number of aliphatic hydroxyl groups is 1. The molecule has 0 saturated heterocycles. The van der Waals surface area contributed by atoms with Gasteiger partial charge < -0.3 is 14.6 Å². The van der Waals surface area contributed by atoms with Gasteiger partial charge in [0.2, 0.25) is 0 Å². The van der Waals surface area contributed by atoms with Crippen LogP contribution in [0, 0.1) is 0 Å². The van der Waals surface area contributed by atoms with Crippen molar-refractivity contribution in [3.8, 4) is 5.75 Å². The molecular weight excluding hydrogens is 268 g/mol. The van der Waals surface area contributed by atoms with E-state index in [4.69, 9.17) is 9.47 Å². The van der Waals surface area contributed by atoms with E-state index >= 15 is 0 Å². The molecule has 0 aromatic heterocycles. The fourth-order valence-electron chi connectivity index (χ4n) is 3.07. The van der Waals surface area contributed by atoms with Crippen LogP contribution < -0.4 is 15.2 Å². The Morgan fingerprint density at radius 1 is 1.14 bits per heavy atom. The first kappa shape index (κ1) is 12.3. The second-order valence-corrected chi connectivity index (χ2v) is 5.35. The first-order chi connectivity index (χ1) is 10.2. The highest BCUT2D eigenvalue weighted by Gasteiger charge is 2.22. The SMILES string of the molecule is O=C1C=C2C=C(O)Cc3c4c(ccc3=C2CO1)=CCCO4. The van der Waals surface area contributed by atoms with Crippen LogP contribution in [0.5, 0.6) is 5.75 Å². The third-order valence-electron chi connectivity index (χ3n) is 4.01. The van der Waals surface area contributed by atoms with Crippen LogP contribution in [0.3, 0.4) is 0 Å². The Balaban J connectivity index is 2.09. The van der Waals surface area contributed by atoms with Crippen LogP contribution in [-0.4, -0.2) is 24.3 Å². The lowest BCUT2D eigenvalue weighted by Gasteiger charge is -2.17. The first-order valence-corrected chi connectivity index (χ1v) is 6.99. The Hall–Kier alpha value is -2.49. The molecule has 0 unspecified atom stereocenters. The number of hydrogen-bond acceptors (Lipinski definition) is 4. The Morgan fingerprint density at radius 3 is 2.95 bits per heavy atom. The predicted octanol–water partition coefficient (Wildman–Crippen LogP) is 0.881. The number of carbonyl (C=O) groups excluding carboxylic acids is 1.